The zero-order valence-electron chi connectivity index (χ0n) is 14.2. The highest BCUT2D eigenvalue weighted by Gasteiger charge is 2.24. The summed E-state index contributed by atoms with van der Waals surface area (Å²) in [5.41, 5.74) is 0.528. The molecule has 1 aromatic carbocycles. The summed E-state index contributed by atoms with van der Waals surface area (Å²) < 4.78 is 26.2. The summed E-state index contributed by atoms with van der Waals surface area (Å²) in [5.74, 6) is -0.0423. The molecular formula is C16H25N3O3S. The van der Waals surface area contributed by atoms with Crippen molar-refractivity contribution in [1.29, 1.82) is 0 Å². The number of likely N-dealkylation sites (N-methyl/N-ethyl adjacent to an activating group) is 1. The molecule has 1 aliphatic heterocycles. The molecule has 23 heavy (non-hydrogen) atoms. The van der Waals surface area contributed by atoms with Crippen LogP contribution in [-0.2, 0) is 10.0 Å². The number of amides is 1. The van der Waals surface area contributed by atoms with Gasteiger partial charge >= 0.3 is 0 Å². The average Bonchev–Trinajstić information content (AvgIpc) is 2.54. The summed E-state index contributed by atoms with van der Waals surface area (Å²) in [4.78, 5) is 16.7. The lowest BCUT2D eigenvalue weighted by Crippen LogP contribution is -2.47. The van der Waals surface area contributed by atoms with Crippen LogP contribution in [0.15, 0.2) is 29.2 Å². The smallest absolute Gasteiger partial charge is 0.253 e. The van der Waals surface area contributed by atoms with Crippen LogP contribution < -0.4 is 0 Å². The molecule has 0 radical (unpaired) electrons. The fraction of sp³-hybridized carbons (Fsp3) is 0.562. The Hall–Kier alpha value is -1.44. The number of carbonyl (C=O) groups is 1. The Kier molecular flexibility index (Phi) is 5.44. The maximum Gasteiger partial charge on any atom is 0.253 e. The third kappa shape index (κ3) is 3.91. The lowest BCUT2D eigenvalue weighted by Gasteiger charge is -2.32. The summed E-state index contributed by atoms with van der Waals surface area (Å²) >= 11 is 0. The topological polar surface area (TPSA) is 60.9 Å². The maximum absolute atomic E-state index is 12.5. The molecule has 1 heterocycles. The van der Waals surface area contributed by atoms with E-state index in [4.69, 9.17) is 0 Å². The minimum atomic E-state index is -3.51. The van der Waals surface area contributed by atoms with Gasteiger partial charge in [0.1, 0.15) is 0 Å². The lowest BCUT2D eigenvalue weighted by molar-refractivity contribution is 0.0664. The van der Waals surface area contributed by atoms with Gasteiger partial charge in [-0.2, -0.15) is 4.31 Å². The molecule has 0 aromatic heterocycles. The van der Waals surface area contributed by atoms with Crippen LogP contribution in [0.1, 0.15) is 24.2 Å². The summed E-state index contributed by atoms with van der Waals surface area (Å²) in [5, 5.41) is 0. The van der Waals surface area contributed by atoms with E-state index < -0.39 is 10.0 Å². The molecule has 0 atom stereocenters. The number of sulfonamides is 1. The second kappa shape index (κ2) is 6.98. The van der Waals surface area contributed by atoms with Crippen molar-refractivity contribution in [3.05, 3.63) is 29.8 Å². The summed E-state index contributed by atoms with van der Waals surface area (Å²) in [6, 6.07) is 6.10. The van der Waals surface area contributed by atoms with Crippen molar-refractivity contribution in [2.75, 3.05) is 40.3 Å². The largest absolute Gasteiger partial charge is 0.336 e. The molecule has 7 heteroatoms. The summed E-state index contributed by atoms with van der Waals surface area (Å²) in [6.45, 7) is 6.76. The first-order valence-corrected chi connectivity index (χ1v) is 9.23. The summed E-state index contributed by atoms with van der Waals surface area (Å²) in [7, 11) is 0.0822. The van der Waals surface area contributed by atoms with E-state index in [1.807, 2.05) is 25.8 Å². The van der Waals surface area contributed by atoms with Crippen LogP contribution >= 0.6 is 0 Å². The van der Waals surface area contributed by atoms with Crippen molar-refractivity contribution >= 4 is 15.9 Å². The highest BCUT2D eigenvalue weighted by molar-refractivity contribution is 7.89. The molecule has 0 aliphatic carbocycles. The number of hydrogen-bond acceptors (Lipinski definition) is 4. The Bertz CT molecular complexity index is 648. The standard InChI is InChI=1S/C16H25N3O3S/c1-13(2)18(4)23(21,22)15-7-5-14(6-8-15)16(20)19-11-9-17(3)10-12-19/h5-8,13H,9-12H2,1-4H3. The van der Waals surface area contributed by atoms with Crippen molar-refractivity contribution < 1.29 is 13.2 Å². The van der Waals surface area contributed by atoms with Crippen LogP contribution in [0.4, 0.5) is 0 Å². The van der Waals surface area contributed by atoms with Crippen LogP contribution in [0.5, 0.6) is 0 Å². The molecule has 1 amide bonds. The van der Waals surface area contributed by atoms with E-state index in [0.717, 1.165) is 13.1 Å². The van der Waals surface area contributed by atoms with E-state index in [0.29, 0.717) is 18.7 Å². The molecule has 128 valence electrons. The van der Waals surface area contributed by atoms with Crippen molar-refractivity contribution in [2.24, 2.45) is 0 Å². The first-order valence-electron chi connectivity index (χ1n) is 7.79. The highest BCUT2D eigenvalue weighted by atomic mass is 32.2. The van der Waals surface area contributed by atoms with Gasteiger partial charge in [-0.15, -0.1) is 0 Å². The number of benzene rings is 1. The van der Waals surface area contributed by atoms with Gasteiger partial charge < -0.3 is 9.80 Å². The van der Waals surface area contributed by atoms with Crippen LogP contribution in [0.25, 0.3) is 0 Å². The van der Waals surface area contributed by atoms with Gasteiger partial charge in [-0.1, -0.05) is 0 Å². The Morgan fingerprint density at radius 3 is 2.09 bits per heavy atom. The number of nitrogens with zero attached hydrogens (tertiary/aromatic N) is 3. The van der Waals surface area contributed by atoms with E-state index >= 15 is 0 Å². The third-order valence-electron chi connectivity index (χ3n) is 4.30. The predicted molar refractivity (Wildman–Crippen MR) is 89.9 cm³/mol. The first-order chi connectivity index (χ1) is 10.7. The monoisotopic (exact) mass is 339 g/mol. The Morgan fingerprint density at radius 1 is 1.09 bits per heavy atom. The highest BCUT2D eigenvalue weighted by Crippen LogP contribution is 2.18. The fourth-order valence-electron chi connectivity index (χ4n) is 2.41. The number of hydrogen-bond donors (Lipinski definition) is 0. The van der Waals surface area contributed by atoms with Gasteiger partial charge in [0.15, 0.2) is 0 Å². The molecule has 1 aromatic rings. The molecule has 1 fully saturated rings. The zero-order chi connectivity index (χ0) is 17.2. The number of piperazine rings is 1. The summed E-state index contributed by atoms with van der Waals surface area (Å²) in [6.07, 6.45) is 0. The molecule has 6 nitrogen and oxygen atoms in total. The molecule has 0 bridgehead atoms. The van der Waals surface area contributed by atoms with Crippen molar-refractivity contribution in [2.45, 2.75) is 24.8 Å². The van der Waals surface area contributed by atoms with Gasteiger partial charge in [0, 0.05) is 44.8 Å². The molecular weight excluding hydrogens is 314 g/mol. The normalized spacial score (nSPS) is 17.0. The van der Waals surface area contributed by atoms with E-state index in [2.05, 4.69) is 4.90 Å². The predicted octanol–water partition coefficient (Wildman–Crippen LogP) is 1.10. The van der Waals surface area contributed by atoms with Gasteiger partial charge in [-0.25, -0.2) is 8.42 Å². The van der Waals surface area contributed by atoms with E-state index in [1.54, 1.807) is 19.2 Å². The molecule has 2 rings (SSSR count). The minimum Gasteiger partial charge on any atom is -0.336 e. The Labute approximate surface area is 138 Å². The molecule has 0 N–H and O–H groups in total. The van der Waals surface area contributed by atoms with E-state index in [1.165, 1.54) is 16.4 Å². The number of rotatable bonds is 4. The molecule has 1 aliphatic rings. The van der Waals surface area contributed by atoms with Crippen molar-refractivity contribution in [3.63, 3.8) is 0 Å². The van der Waals surface area contributed by atoms with Crippen LogP contribution in [0.2, 0.25) is 0 Å². The Balaban J connectivity index is 2.15. The van der Waals surface area contributed by atoms with Gasteiger partial charge in [0.25, 0.3) is 5.91 Å². The van der Waals surface area contributed by atoms with Crippen LogP contribution in [0.3, 0.4) is 0 Å². The van der Waals surface area contributed by atoms with Gasteiger partial charge in [0.2, 0.25) is 10.0 Å². The first kappa shape index (κ1) is 17.9. The van der Waals surface area contributed by atoms with Gasteiger partial charge in [-0.3, -0.25) is 4.79 Å². The van der Waals surface area contributed by atoms with Gasteiger partial charge in [0.05, 0.1) is 4.90 Å². The quantitative estimate of drug-likeness (QED) is 0.824. The second-order valence-electron chi connectivity index (χ2n) is 6.23. The third-order valence-corrected chi connectivity index (χ3v) is 6.34. The van der Waals surface area contributed by atoms with Crippen LogP contribution in [0, 0.1) is 0 Å². The molecule has 0 saturated carbocycles. The lowest BCUT2D eigenvalue weighted by atomic mass is 10.2. The Morgan fingerprint density at radius 2 is 1.61 bits per heavy atom. The van der Waals surface area contributed by atoms with E-state index in [9.17, 15) is 13.2 Å². The SMILES string of the molecule is CC(C)N(C)S(=O)(=O)c1ccc(C(=O)N2CCN(C)CC2)cc1. The van der Waals surface area contributed by atoms with Crippen molar-refractivity contribution in [3.8, 4) is 0 Å². The van der Waals surface area contributed by atoms with Gasteiger partial charge in [-0.05, 0) is 45.2 Å². The maximum atomic E-state index is 12.5. The van der Waals surface area contributed by atoms with E-state index in [-0.39, 0.29) is 16.8 Å². The average molecular weight is 339 g/mol. The molecule has 0 spiro atoms. The molecule has 0 unspecified atom stereocenters. The van der Waals surface area contributed by atoms with Crippen LogP contribution in [-0.4, -0.2) is 74.7 Å². The number of carbonyl (C=O) groups excluding carboxylic acids is 1. The minimum absolute atomic E-state index is 0.0423. The zero-order valence-corrected chi connectivity index (χ0v) is 15.0. The fourth-order valence-corrected chi connectivity index (χ4v) is 3.77. The van der Waals surface area contributed by atoms with Crippen molar-refractivity contribution in [1.82, 2.24) is 14.1 Å². The molecule has 1 saturated heterocycles. The second-order valence-corrected chi connectivity index (χ2v) is 8.23.